The minimum absolute atomic E-state index is 0.711. The number of allylic oxidation sites excluding steroid dienone is 3. The average molecular weight is 386 g/mol. The number of aromatic nitrogens is 1. The van der Waals surface area contributed by atoms with Crippen molar-refractivity contribution < 1.29 is 4.74 Å². The van der Waals surface area contributed by atoms with E-state index in [0.29, 0.717) is 11.8 Å². The molecular formula is C24H35NOS. The molecule has 0 bridgehead atoms. The minimum Gasteiger partial charge on any atom is -0.497 e. The molecule has 148 valence electrons. The first kappa shape index (κ1) is 19.2. The van der Waals surface area contributed by atoms with Gasteiger partial charge in [0.2, 0.25) is 0 Å². The molecule has 0 radical (unpaired) electrons. The van der Waals surface area contributed by atoms with Crippen molar-refractivity contribution in [1.82, 2.24) is 4.98 Å². The van der Waals surface area contributed by atoms with Crippen molar-refractivity contribution in [2.75, 3.05) is 6.61 Å². The summed E-state index contributed by atoms with van der Waals surface area (Å²) in [5, 5.41) is 0. The number of fused-ring (bicyclic) bond motifs is 1. The van der Waals surface area contributed by atoms with E-state index in [2.05, 4.69) is 46.5 Å². The zero-order valence-electron chi connectivity index (χ0n) is 17.8. The molecule has 6 atom stereocenters. The molecule has 5 aliphatic rings. The zero-order chi connectivity index (χ0) is 19.3. The Morgan fingerprint density at radius 3 is 2.00 bits per heavy atom. The fraction of sp³-hybridized carbons (Fsp3) is 0.708. The summed E-state index contributed by atoms with van der Waals surface area (Å²) in [6, 6.07) is 0. The number of ether oxygens (including phenoxy) is 1. The number of hydrogen-bond donors (Lipinski definition) is 0. The second-order valence-corrected chi connectivity index (χ2v) is 10.1. The van der Waals surface area contributed by atoms with Crippen molar-refractivity contribution in [1.29, 1.82) is 0 Å². The molecule has 0 aromatic carbocycles. The van der Waals surface area contributed by atoms with Gasteiger partial charge in [0.25, 0.3) is 0 Å². The van der Waals surface area contributed by atoms with Gasteiger partial charge < -0.3 is 4.74 Å². The van der Waals surface area contributed by atoms with Gasteiger partial charge in [0.15, 0.2) is 0 Å². The van der Waals surface area contributed by atoms with Crippen LogP contribution in [-0.2, 0) is 4.74 Å². The summed E-state index contributed by atoms with van der Waals surface area (Å²) < 4.78 is 5.41. The summed E-state index contributed by atoms with van der Waals surface area (Å²) in [5.74, 6) is 6.18. The van der Waals surface area contributed by atoms with Crippen LogP contribution in [0, 0.1) is 23.7 Å². The van der Waals surface area contributed by atoms with Gasteiger partial charge in [0.05, 0.1) is 23.6 Å². The van der Waals surface area contributed by atoms with Gasteiger partial charge in [0, 0.05) is 29.1 Å². The topological polar surface area (TPSA) is 22.1 Å². The molecule has 1 aromatic heterocycles. The van der Waals surface area contributed by atoms with Gasteiger partial charge in [-0.05, 0) is 42.6 Å². The van der Waals surface area contributed by atoms with Crippen molar-refractivity contribution in [3.05, 3.63) is 38.6 Å². The molecule has 3 heteroatoms. The fourth-order valence-corrected chi connectivity index (χ4v) is 6.51. The van der Waals surface area contributed by atoms with Crippen LogP contribution in [0.2, 0.25) is 0 Å². The second-order valence-electron chi connectivity index (χ2n) is 9.23. The normalized spacial score (nSPS) is 37.3. The van der Waals surface area contributed by atoms with Crippen LogP contribution in [0.4, 0.5) is 0 Å². The third-order valence-corrected chi connectivity index (χ3v) is 9.08. The lowest BCUT2D eigenvalue weighted by molar-refractivity contribution is 0.184. The monoisotopic (exact) mass is 385 g/mol. The Hall–Kier alpha value is -1.09. The van der Waals surface area contributed by atoms with Crippen LogP contribution in [0.3, 0.4) is 0 Å². The Kier molecular flexibility index (Phi) is 5.26. The highest BCUT2D eigenvalue weighted by Gasteiger charge is 2.38. The van der Waals surface area contributed by atoms with Gasteiger partial charge in [-0.2, -0.15) is 0 Å². The van der Waals surface area contributed by atoms with Crippen molar-refractivity contribution in [3.8, 4) is 0 Å². The number of thiazole rings is 1. The van der Waals surface area contributed by atoms with Gasteiger partial charge in [-0.15, -0.1) is 11.3 Å². The average Bonchev–Trinajstić information content (AvgIpc) is 3.44. The Labute approximate surface area is 169 Å². The van der Waals surface area contributed by atoms with E-state index in [0.717, 1.165) is 30.3 Å². The molecule has 0 N–H and O–H groups in total. The summed E-state index contributed by atoms with van der Waals surface area (Å²) in [5.41, 5.74) is 8.49. The highest BCUT2D eigenvalue weighted by Crippen LogP contribution is 2.49. The SMILES string of the molecule is CC1C2=C(CCC2)C1C.CC1C2=C(OCC2)C1C.CC1c2ncsc2C1C. The molecule has 4 aliphatic carbocycles. The summed E-state index contributed by atoms with van der Waals surface area (Å²) >= 11 is 1.79. The number of rotatable bonds is 0. The van der Waals surface area contributed by atoms with E-state index in [9.17, 15) is 0 Å². The summed E-state index contributed by atoms with van der Waals surface area (Å²) in [7, 11) is 0. The van der Waals surface area contributed by atoms with Gasteiger partial charge in [-0.1, -0.05) is 52.7 Å². The maximum Gasteiger partial charge on any atom is 0.0990 e. The van der Waals surface area contributed by atoms with Crippen LogP contribution in [0.1, 0.15) is 89.6 Å². The van der Waals surface area contributed by atoms with Crippen LogP contribution in [-0.4, -0.2) is 11.6 Å². The van der Waals surface area contributed by atoms with Crippen LogP contribution in [0.15, 0.2) is 28.0 Å². The van der Waals surface area contributed by atoms with E-state index in [1.54, 1.807) is 16.9 Å². The first-order chi connectivity index (χ1) is 12.9. The highest BCUT2D eigenvalue weighted by atomic mass is 32.1. The van der Waals surface area contributed by atoms with Crippen molar-refractivity contribution in [2.45, 2.75) is 79.1 Å². The van der Waals surface area contributed by atoms with Crippen molar-refractivity contribution >= 4 is 11.3 Å². The summed E-state index contributed by atoms with van der Waals surface area (Å²) in [4.78, 5) is 5.76. The standard InChI is InChI=1S/C9H14.C8H12O.C7H9NS/c1-6-7(2)9-5-3-4-8(6)9;1-5-6(2)8-7(5)3-4-9-8;1-4-5(2)7-6(4)8-3-9-7/h6-7H,3-5H2,1-2H3;5-6H,3-4H2,1-2H3;3-5H,1-2H3. The molecule has 0 saturated heterocycles. The lowest BCUT2D eigenvalue weighted by Gasteiger charge is -2.34. The van der Waals surface area contributed by atoms with E-state index < -0.39 is 0 Å². The summed E-state index contributed by atoms with van der Waals surface area (Å²) in [6.45, 7) is 14.7. The molecular weight excluding hydrogens is 350 g/mol. The molecule has 6 unspecified atom stereocenters. The first-order valence-corrected chi connectivity index (χ1v) is 11.8. The van der Waals surface area contributed by atoms with E-state index >= 15 is 0 Å². The Balaban J connectivity index is 0.0000001000. The Morgan fingerprint density at radius 1 is 0.778 bits per heavy atom. The van der Waals surface area contributed by atoms with E-state index in [4.69, 9.17) is 4.74 Å². The van der Waals surface area contributed by atoms with Crippen LogP contribution < -0.4 is 0 Å². The third-order valence-electron chi connectivity index (χ3n) is 8.03. The molecule has 2 heterocycles. The Morgan fingerprint density at radius 2 is 1.41 bits per heavy atom. The second kappa shape index (κ2) is 7.39. The number of nitrogens with zero attached hydrogens (tertiary/aromatic N) is 1. The molecule has 1 aliphatic heterocycles. The molecule has 0 amide bonds. The largest absolute Gasteiger partial charge is 0.497 e. The minimum atomic E-state index is 0.711. The van der Waals surface area contributed by atoms with Gasteiger partial charge in [-0.3, -0.25) is 0 Å². The van der Waals surface area contributed by atoms with E-state index in [-0.39, 0.29) is 0 Å². The maximum absolute atomic E-state index is 5.41. The van der Waals surface area contributed by atoms with Crippen LogP contribution in [0.25, 0.3) is 0 Å². The quantitative estimate of drug-likeness (QED) is 0.446. The molecule has 6 rings (SSSR count). The van der Waals surface area contributed by atoms with Crippen molar-refractivity contribution in [3.63, 3.8) is 0 Å². The first-order valence-electron chi connectivity index (χ1n) is 10.9. The number of hydrogen-bond acceptors (Lipinski definition) is 3. The molecule has 0 fully saturated rings. The van der Waals surface area contributed by atoms with Crippen molar-refractivity contribution in [2.24, 2.45) is 23.7 Å². The predicted molar refractivity (Wildman–Crippen MR) is 114 cm³/mol. The van der Waals surface area contributed by atoms with Crippen LogP contribution in [0.5, 0.6) is 0 Å². The van der Waals surface area contributed by atoms with E-state index in [1.165, 1.54) is 42.0 Å². The van der Waals surface area contributed by atoms with Gasteiger partial charge >= 0.3 is 0 Å². The molecule has 0 saturated carbocycles. The van der Waals surface area contributed by atoms with E-state index in [1.807, 2.05) is 16.7 Å². The van der Waals surface area contributed by atoms with Gasteiger partial charge in [0.1, 0.15) is 0 Å². The predicted octanol–water partition coefficient (Wildman–Crippen LogP) is 7.06. The van der Waals surface area contributed by atoms with Gasteiger partial charge in [-0.25, -0.2) is 4.98 Å². The third kappa shape index (κ3) is 3.10. The molecule has 1 aromatic rings. The lowest BCUT2D eigenvalue weighted by atomic mass is 9.71. The lowest BCUT2D eigenvalue weighted by Crippen LogP contribution is -2.23. The smallest absolute Gasteiger partial charge is 0.0990 e. The Bertz CT molecular complexity index is 675. The molecule has 27 heavy (non-hydrogen) atoms. The van der Waals surface area contributed by atoms with Crippen LogP contribution >= 0.6 is 11.3 Å². The molecule has 0 spiro atoms. The zero-order valence-corrected chi connectivity index (χ0v) is 18.7. The summed E-state index contributed by atoms with van der Waals surface area (Å²) in [6.07, 6.45) is 5.47. The fourth-order valence-electron chi connectivity index (χ4n) is 5.45. The maximum atomic E-state index is 5.41. The highest BCUT2D eigenvalue weighted by molar-refractivity contribution is 7.10. The molecule has 2 nitrogen and oxygen atoms in total.